The number of rotatable bonds is 2. The summed E-state index contributed by atoms with van der Waals surface area (Å²) in [4.78, 5) is 15.0. The zero-order valence-corrected chi connectivity index (χ0v) is 11.2. The van der Waals surface area contributed by atoms with E-state index in [9.17, 15) is 10.1 Å². The van der Waals surface area contributed by atoms with Crippen LogP contribution < -0.4 is 0 Å². The predicted octanol–water partition coefficient (Wildman–Crippen LogP) is 3.70. The molecular weight excluding hydrogens is 310 g/mol. The molecule has 0 N–H and O–H groups in total. The molecule has 2 aromatic carbocycles. The molecule has 1 heterocycles. The number of nitro groups is 1. The molecule has 5 nitrogen and oxygen atoms in total. The van der Waals surface area contributed by atoms with Crippen LogP contribution in [0, 0.1) is 10.1 Å². The van der Waals surface area contributed by atoms with Gasteiger partial charge in [-0.15, -0.1) is 0 Å². The maximum absolute atomic E-state index is 11.2. The molecule has 0 bridgehead atoms. The molecule has 0 saturated carbocycles. The Balaban J connectivity index is 2.30. The first-order valence-electron chi connectivity index (χ1n) is 5.53. The van der Waals surface area contributed by atoms with Gasteiger partial charge in [-0.3, -0.25) is 14.7 Å². The van der Waals surface area contributed by atoms with E-state index in [4.69, 9.17) is 0 Å². The second kappa shape index (κ2) is 4.47. The standard InChI is InChI=1S/C13H8BrN3O2/c14-9-5-6-12(13(7-9)17(18)19)16-8-15-10-3-1-2-4-11(10)16/h1-8H. The van der Waals surface area contributed by atoms with Gasteiger partial charge in [0.05, 0.1) is 16.0 Å². The summed E-state index contributed by atoms with van der Waals surface area (Å²) >= 11 is 3.25. The van der Waals surface area contributed by atoms with Gasteiger partial charge in [0.15, 0.2) is 0 Å². The molecule has 3 rings (SSSR count). The molecule has 0 aliphatic rings. The summed E-state index contributed by atoms with van der Waals surface area (Å²) in [6.07, 6.45) is 1.60. The van der Waals surface area contributed by atoms with E-state index in [1.54, 1.807) is 23.0 Å². The van der Waals surface area contributed by atoms with Crippen molar-refractivity contribution in [2.24, 2.45) is 0 Å². The van der Waals surface area contributed by atoms with Crippen molar-refractivity contribution >= 4 is 32.7 Å². The van der Waals surface area contributed by atoms with Crippen molar-refractivity contribution in [3.8, 4) is 5.69 Å². The number of imidazole rings is 1. The number of benzene rings is 2. The van der Waals surface area contributed by atoms with Crippen molar-refractivity contribution in [2.75, 3.05) is 0 Å². The quantitative estimate of drug-likeness (QED) is 0.535. The molecule has 0 unspecified atom stereocenters. The number of nitro benzene ring substituents is 1. The van der Waals surface area contributed by atoms with Crippen LogP contribution in [0.2, 0.25) is 0 Å². The van der Waals surface area contributed by atoms with Crippen LogP contribution in [0.25, 0.3) is 16.7 Å². The average molecular weight is 318 g/mol. The molecular formula is C13H8BrN3O2. The first-order chi connectivity index (χ1) is 9.16. The summed E-state index contributed by atoms with van der Waals surface area (Å²) in [5.74, 6) is 0. The largest absolute Gasteiger partial charge is 0.294 e. The lowest BCUT2D eigenvalue weighted by molar-refractivity contribution is -0.384. The molecule has 94 valence electrons. The Morgan fingerprint density at radius 1 is 1.21 bits per heavy atom. The molecule has 0 spiro atoms. The van der Waals surface area contributed by atoms with Gasteiger partial charge in [-0.25, -0.2) is 4.98 Å². The number of para-hydroxylation sites is 2. The third-order valence-electron chi connectivity index (χ3n) is 2.85. The topological polar surface area (TPSA) is 61.0 Å². The van der Waals surface area contributed by atoms with Crippen LogP contribution in [0.1, 0.15) is 0 Å². The fraction of sp³-hybridized carbons (Fsp3) is 0. The van der Waals surface area contributed by atoms with Gasteiger partial charge < -0.3 is 0 Å². The average Bonchev–Trinajstić information content (AvgIpc) is 2.82. The highest BCUT2D eigenvalue weighted by Crippen LogP contribution is 2.29. The minimum Gasteiger partial charge on any atom is -0.293 e. The highest BCUT2D eigenvalue weighted by atomic mass is 79.9. The highest BCUT2D eigenvalue weighted by Gasteiger charge is 2.17. The van der Waals surface area contributed by atoms with Gasteiger partial charge >= 0.3 is 0 Å². The van der Waals surface area contributed by atoms with Crippen molar-refractivity contribution in [3.05, 3.63) is 63.4 Å². The second-order valence-electron chi connectivity index (χ2n) is 3.99. The van der Waals surface area contributed by atoms with Gasteiger partial charge in [0.2, 0.25) is 0 Å². The van der Waals surface area contributed by atoms with Crippen molar-refractivity contribution < 1.29 is 4.92 Å². The molecule has 19 heavy (non-hydrogen) atoms. The van der Waals surface area contributed by atoms with Gasteiger partial charge in [-0.1, -0.05) is 28.1 Å². The third-order valence-corrected chi connectivity index (χ3v) is 3.34. The van der Waals surface area contributed by atoms with E-state index >= 15 is 0 Å². The van der Waals surface area contributed by atoms with E-state index < -0.39 is 4.92 Å². The summed E-state index contributed by atoms with van der Waals surface area (Å²) in [5, 5.41) is 11.2. The van der Waals surface area contributed by atoms with E-state index in [0.29, 0.717) is 10.2 Å². The summed E-state index contributed by atoms with van der Waals surface area (Å²) in [7, 11) is 0. The number of fused-ring (bicyclic) bond motifs is 1. The predicted molar refractivity (Wildman–Crippen MR) is 75.4 cm³/mol. The molecule has 3 aromatic rings. The summed E-state index contributed by atoms with van der Waals surface area (Å²) in [5.41, 5.74) is 2.19. The lowest BCUT2D eigenvalue weighted by Gasteiger charge is -2.05. The molecule has 0 saturated heterocycles. The molecule has 6 heteroatoms. The minimum atomic E-state index is -0.394. The van der Waals surface area contributed by atoms with E-state index in [2.05, 4.69) is 20.9 Å². The third kappa shape index (κ3) is 2.00. The lowest BCUT2D eigenvalue weighted by Crippen LogP contribution is -1.99. The fourth-order valence-electron chi connectivity index (χ4n) is 2.00. The van der Waals surface area contributed by atoms with Crippen LogP contribution in [0.15, 0.2) is 53.3 Å². The van der Waals surface area contributed by atoms with Crippen LogP contribution in [-0.2, 0) is 0 Å². The first-order valence-corrected chi connectivity index (χ1v) is 6.32. The Morgan fingerprint density at radius 2 is 2.00 bits per heavy atom. The van der Waals surface area contributed by atoms with E-state index in [1.165, 1.54) is 6.07 Å². The van der Waals surface area contributed by atoms with E-state index in [1.807, 2.05) is 24.3 Å². The summed E-state index contributed by atoms with van der Waals surface area (Å²) in [6, 6.07) is 12.5. The summed E-state index contributed by atoms with van der Waals surface area (Å²) in [6.45, 7) is 0. The summed E-state index contributed by atoms with van der Waals surface area (Å²) < 4.78 is 2.40. The first kappa shape index (κ1) is 11.9. The molecule has 0 atom stereocenters. The van der Waals surface area contributed by atoms with Gasteiger partial charge in [-0.2, -0.15) is 0 Å². The van der Waals surface area contributed by atoms with Crippen molar-refractivity contribution in [1.82, 2.24) is 9.55 Å². The maximum atomic E-state index is 11.2. The Kier molecular flexibility index (Phi) is 2.79. The fourth-order valence-corrected chi connectivity index (χ4v) is 2.35. The van der Waals surface area contributed by atoms with Crippen LogP contribution in [0.3, 0.4) is 0 Å². The van der Waals surface area contributed by atoms with Gasteiger partial charge in [0, 0.05) is 10.5 Å². The number of nitrogens with zero attached hydrogens (tertiary/aromatic N) is 3. The highest BCUT2D eigenvalue weighted by molar-refractivity contribution is 9.10. The Labute approximate surface area is 116 Å². The molecule has 0 radical (unpaired) electrons. The van der Waals surface area contributed by atoms with Gasteiger partial charge in [0.1, 0.15) is 12.0 Å². The molecule has 0 fully saturated rings. The Morgan fingerprint density at radius 3 is 2.79 bits per heavy atom. The van der Waals surface area contributed by atoms with E-state index in [0.717, 1.165) is 11.0 Å². The number of halogens is 1. The van der Waals surface area contributed by atoms with Gasteiger partial charge in [-0.05, 0) is 24.3 Å². The molecule has 0 amide bonds. The van der Waals surface area contributed by atoms with Crippen LogP contribution in [0.4, 0.5) is 5.69 Å². The zero-order chi connectivity index (χ0) is 13.4. The zero-order valence-electron chi connectivity index (χ0n) is 9.65. The lowest BCUT2D eigenvalue weighted by atomic mass is 10.2. The van der Waals surface area contributed by atoms with Crippen molar-refractivity contribution in [3.63, 3.8) is 0 Å². The van der Waals surface area contributed by atoms with E-state index in [-0.39, 0.29) is 5.69 Å². The molecule has 1 aromatic heterocycles. The smallest absolute Gasteiger partial charge is 0.293 e. The second-order valence-corrected chi connectivity index (χ2v) is 4.91. The molecule has 0 aliphatic heterocycles. The SMILES string of the molecule is O=[N+]([O-])c1cc(Br)ccc1-n1cnc2ccccc21. The van der Waals surface area contributed by atoms with Crippen LogP contribution >= 0.6 is 15.9 Å². The number of hydrogen-bond donors (Lipinski definition) is 0. The normalized spacial score (nSPS) is 10.8. The monoisotopic (exact) mass is 317 g/mol. The Hall–Kier alpha value is -2.21. The number of aromatic nitrogens is 2. The number of hydrogen-bond acceptors (Lipinski definition) is 3. The Bertz CT molecular complexity index is 782. The van der Waals surface area contributed by atoms with Crippen molar-refractivity contribution in [1.29, 1.82) is 0 Å². The molecule has 0 aliphatic carbocycles. The van der Waals surface area contributed by atoms with Crippen LogP contribution in [0.5, 0.6) is 0 Å². The minimum absolute atomic E-state index is 0.0394. The van der Waals surface area contributed by atoms with Crippen molar-refractivity contribution in [2.45, 2.75) is 0 Å². The van der Waals surface area contributed by atoms with Crippen LogP contribution in [-0.4, -0.2) is 14.5 Å². The van der Waals surface area contributed by atoms with Gasteiger partial charge in [0.25, 0.3) is 5.69 Å². The maximum Gasteiger partial charge on any atom is 0.294 e.